The van der Waals surface area contributed by atoms with Crippen LogP contribution in [-0.2, 0) is 6.54 Å². The third-order valence-corrected chi connectivity index (χ3v) is 5.66. The van der Waals surface area contributed by atoms with Gasteiger partial charge in [-0.15, -0.1) is 0 Å². The van der Waals surface area contributed by atoms with Crippen LogP contribution in [0.2, 0.25) is 0 Å². The number of benzene rings is 1. The number of fused-ring (bicyclic) bond motifs is 1. The van der Waals surface area contributed by atoms with Gasteiger partial charge in [0.25, 0.3) is 0 Å². The molecule has 0 saturated heterocycles. The highest BCUT2D eigenvalue weighted by Gasteiger charge is 2.17. The molecular weight excluding hydrogens is 426 g/mol. The number of aromatic nitrogens is 5. The van der Waals surface area contributed by atoms with Crippen LogP contribution in [0.4, 0.5) is 11.8 Å². The number of imidazole rings is 1. The van der Waals surface area contributed by atoms with Gasteiger partial charge in [0.2, 0.25) is 5.95 Å². The Hall–Kier alpha value is -3.52. The lowest BCUT2D eigenvalue weighted by Gasteiger charge is -2.19. The average Bonchev–Trinajstić information content (AvgIpc) is 3.27. The van der Waals surface area contributed by atoms with Crippen LogP contribution in [-0.4, -0.2) is 42.3 Å². The SMILES string of the molecule is CC(C)C[C@H](CO)Nc1nc(NCc2ccc(-c3ccccn3)cc2)c2ncn(C(C)C)c2n1. The molecule has 0 aliphatic rings. The number of nitrogens with zero attached hydrogens (tertiary/aromatic N) is 5. The summed E-state index contributed by atoms with van der Waals surface area (Å²) in [6, 6.07) is 14.3. The van der Waals surface area contributed by atoms with Crippen LogP contribution in [0, 0.1) is 5.92 Å². The molecule has 0 saturated carbocycles. The third kappa shape index (κ3) is 5.51. The van der Waals surface area contributed by atoms with Crippen LogP contribution in [0.5, 0.6) is 0 Å². The van der Waals surface area contributed by atoms with Crippen molar-refractivity contribution in [2.24, 2.45) is 5.92 Å². The quantitative estimate of drug-likeness (QED) is 0.310. The average molecular weight is 460 g/mol. The Morgan fingerprint density at radius 3 is 2.41 bits per heavy atom. The van der Waals surface area contributed by atoms with Gasteiger partial charge in [-0.3, -0.25) is 4.98 Å². The number of hydrogen-bond acceptors (Lipinski definition) is 7. The topological polar surface area (TPSA) is 101 Å². The zero-order valence-electron chi connectivity index (χ0n) is 20.2. The number of anilines is 2. The molecule has 8 heteroatoms. The summed E-state index contributed by atoms with van der Waals surface area (Å²) < 4.78 is 2.03. The molecule has 34 heavy (non-hydrogen) atoms. The molecule has 4 aromatic rings. The largest absolute Gasteiger partial charge is 0.394 e. The summed E-state index contributed by atoms with van der Waals surface area (Å²) in [5, 5.41) is 16.6. The number of pyridine rings is 1. The fourth-order valence-corrected chi connectivity index (χ4v) is 3.93. The molecule has 1 atom stereocenters. The van der Waals surface area contributed by atoms with Crippen molar-refractivity contribution in [3.05, 3.63) is 60.6 Å². The Labute approximate surface area is 200 Å². The highest BCUT2D eigenvalue weighted by atomic mass is 16.3. The summed E-state index contributed by atoms with van der Waals surface area (Å²) in [7, 11) is 0. The maximum absolute atomic E-state index is 9.82. The van der Waals surface area contributed by atoms with E-state index in [4.69, 9.17) is 9.97 Å². The standard InChI is InChI=1S/C26H33N7O/c1-17(2)13-21(15-34)30-26-31-24(23-25(32-26)33(16-29-23)18(3)4)28-14-19-8-10-20(11-9-19)22-7-5-6-12-27-22/h5-12,16-18,21,34H,13-15H2,1-4H3,(H2,28,30,31,32)/t21-/m1/s1. The van der Waals surface area contributed by atoms with Crippen molar-refractivity contribution in [2.45, 2.75) is 52.7 Å². The minimum atomic E-state index is -0.111. The minimum absolute atomic E-state index is 0.0222. The van der Waals surface area contributed by atoms with Crippen molar-refractivity contribution < 1.29 is 5.11 Å². The Morgan fingerprint density at radius 2 is 1.76 bits per heavy atom. The number of rotatable bonds is 10. The first-order valence-corrected chi connectivity index (χ1v) is 11.8. The molecular formula is C26H33N7O. The van der Waals surface area contributed by atoms with Crippen molar-refractivity contribution in [3.63, 3.8) is 0 Å². The maximum Gasteiger partial charge on any atom is 0.227 e. The zero-order valence-corrected chi connectivity index (χ0v) is 20.2. The van der Waals surface area contributed by atoms with E-state index in [1.54, 1.807) is 12.5 Å². The van der Waals surface area contributed by atoms with Gasteiger partial charge in [0.05, 0.1) is 24.7 Å². The van der Waals surface area contributed by atoms with Gasteiger partial charge in [0, 0.05) is 24.3 Å². The Kier molecular flexibility index (Phi) is 7.37. The van der Waals surface area contributed by atoms with Crippen LogP contribution in [0.15, 0.2) is 55.0 Å². The van der Waals surface area contributed by atoms with Crippen molar-refractivity contribution in [2.75, 3.05) is 17.2 Å². The van der Waals surface area contributed by atoms with E-state index in [0.29, 0.717) is 24.2 Å². The Balaban J connectivity index is 1.58. The first-order chi connectivity index (χ1) is 16.4. The molecule has 1 aromatic carbocycles. The summed E-state index contributed by atoms with van der Waals surface area (Å²) in [6.45, 7) is 9.08. The van der Waals surface area contributed by atoms with Gasteiger partial charge in [0.15, 0.2) is 17.0 Å². The lowest BCUT2D eigenvalue weighted by Crippen LogP contribution is -2.27. The van der Waals surface area contributed by atoms with E-state index in [1.165, 1.54) is 0 Å². The molecule has 0 bridgehead atoms. The fraction of sp³-hybridized carbons (Fsp3) is 0.385. The van der Waals surface area contributed by atoms with E-state index < -0.39 is 0 Å². The first-order valence-electron chi connectivity index (χ1n) is 11.8. The van der Waals surface area contributed by atoms with Gasteiger partial charge in [-0.25, -0.2) is 4.98 Å². The Bertz CT molecular complexity index is 1200. The molecule has 0 amide bonds. The van der Waals surface area contributed by atoms with Gasteiger partial charge in [-0.1, -0.05) is 44.2 Å². The number of aliphatic hydroxyl groups excluding tert-OH is 1. The van der Waals surface area contributed by atoms with E-state index in [-0.39, 0.29) is 18.7 Å². The lowest BCUT2D eigenvalue weighted by atomic mass is 10.0. The second-order valence-electron chi connectivity index (χ2n) is 9.23. The number of aliphatic hydroxyl groups is 1. The van der Waals surface area contributed by atoms with E-state index in [9.17, 15) is 5.11 Å². The van der Waals surface area contributed by atoms with Crippen molar-refractivity contribution >= 4 is 22.9 Å². The molecule has 0 spiro atoms. The number of hydrogen-bond donors (Lipinski definition) is 3. The minimum Gasteiger partial charge on any atom is -0.394 e. The molecule has 0 unspecified atom stereocenters. The second-order valence-corrected chi connectivity index (χ2v) is 9.23. The van der Waals surface area contributed by atoms with Gasteiger partial charge < -0.3 is 20.3 Å². The maximum atomic E-state index is 9.82. The molecule has 3 aromatic heterocycles. The number of nitrogens with one attached hydrogen (secondary N) is 2. The fourth-order valence-electron chi connectivity index (χ4n) is 3.93. The van der Waals surface area contributed by atoms with Crippen LogP contribution in [0.1, 0.15) is 45.7 Å². The van der Waals surface area contributed by atoms with Gasteiger partial charge in [-0.05, 0) is 43.9 Å². The molecule has 0 aliphatic carbocycles. The van der Waals surface area contributed by atoms with Gasteiger partial charge in [0.1, 0.15) is 0 Å². The van der Waals surface area contributed by atoms with Crippen LogP contribution in [0.3, 0.4) is 0 Å². The summed E-state index contributed by atoms with van der Waals surface area (Å²) in [5.41, 5.74) is 4.65. The van der Waals surface area contributed by atoms with Crippen molar-refractivity contribution in [1.82, 2.24) is 24.5 Å². The van der Waals surface area contributed by atoms with E-state index in [1.807, 2.05) is 22.8 Å². The lowest BCUT2D eigenvalue weighted by molar-refractivity contribution is 0.259. The predicted octanol–water partition coefficient (Wildman–Crippen LogP) is 4.90. The molecule has 3 heterocycles. The van der Waals surface area contributed by atoms with E-state index >= 15 is 0 Å². The highest BCUT2D eigenvalue weighted by molar-refractivity contribution is 5.84. The summed E-state index contributed by atoms with van der Waals surface area (Å²) in [5.74, 6) is 1.60. The van der Waals surface area contributed by atoms with Crippen LogP contribution >= 0.6 is 0 Å². The van der Waals surface area contributed by atoms with Crippen LogP contribution in [0.25, 0.3) is 22.4 Å². The molecule has 8 nitrogen and oxygen atoms in total. The molecule has 4 rings (SSSR count). The van der Waals surface area contributed by atoms with Crippen LogP contribution < -0.4 is 10.6 Å². The second kappa shape index (κ2) is 10.6. The summed E-state index contributed by atoms with van der Waals surface area (Å²) in [4.78, 5) is 18.4. The van der Waals surface area contributed by atoms with E-state index in [2.05, 4.69) is 72.6 Å². The Morgan fingerprint density at radius 1 is 0.971 bits per heavy atom. The molecule has 0 radical (unpaired) electrons. The van der Waals surface area contributed by atoms with Gasteiger partial charge >= 0.3 is 0 Å². The highest BCUT2D eigenvalue weighted by Crippen LogP contribution is 2.25. The normalized spacial score (nSPS) is 12.4. The predicted molar refractivity (Wildman–Crippen MR) is 137 cm³/mol. The molecule has 178 valence electrons. The molecule has 0 aliphatic heterocycles. The van der Waals surface area contributed by atoms with Crippen molar-refractivity contribution in [1.29, 1.82) is 0 Å². The smallest absolute Gasteiger partial charge is 0.227 e. The van der Waals surface area contributed by atoms with E-state index in [0.717, 1.165) is 34.4 Å². The summed E-state index contributed by atoms with van der Waals surface area (Å²) >= 11 is 0. The zero-order chi connectivity index (χ0) is 24.1. The first kappa shape index (κ1) is 23.6. The molecule has 3 N–H and O–H groups in total. The molecule has 0 fully saturated rings. The summed E-state index contributed by atoms with van der Waals surface area (Å²) in [6.07, 6.45) is 4.43. The monoisotopic (exact) mass is 459 g/mol. The third-order valence-electron chi connectivity index (χ3n) is 5.66. The van der Waals surface area contributed by atoms with Gasteiger partial charge in [-0.2, -0.15) is 9.97 Å². The van der Waals surface area contributed by atoms with Crippen molar-refractivity contribution in [3.8, 4) is 11.3 Å².